The second-order valence-electron chi connectivity index (χ2n) is 17.8. The molecule has 1 saturated heterocycles. The van der Waals surface area contributed by atoms with Crippen molar-refractivity contribution in [3.05, 3.63) is 101 Å². The molecule has 2 heterocycles. The molecule has 1 aliphatic carbocycles. The molecule has 2 aromatic carbocycles. The molecule has 0 unspecified atom stereocenters. The molecule has 0 bridgehead atoms. The van der Waals surface area contributed by atoms with Crippen LogP contribution in [-0.2, 0) is 76.5 Å². The topological polar surface area (TPSA) is 186 Å². The molecule has 0 spiro atoms. The summed E-state index contributed by atoms with van der Waals surface area (Å²) in [5, 5.41) is 6.41. The molecule has 1 fully saturated rings. The number of rotatable bonds is 29. The van der Waals surface area contributed by atoms with E-state index < -0.39 is 47.7 Å². The fourth-order valence-corrected chi connectivity index (χ4v) is 8.18. The van der Waals surface area contributed by atoms with Gasteiger partial charge in [0, 0.05) is 77.2 Å². The molecule has 2 aliphatic rings. The summed E-state index contributed by atoms with van der Waals surface area (Å²) in [6, 6.07) is 20.0. The van der Waals surface area contributed by atoms with Crippen LogP contribution in [0, 0.1) is 5.92 Å². The Morgan fingerprint density at radius 3 is 2.07 bits per heavy atom. The number of piperazine rings is 1. The van der Waals surface area contributed by atoms with E-state index in [9.17, 15) is 19.2 Å². The first kappa shape index (κ1) is 53.1. The van der Waals surface area contributed by atoms with Crippen molar-refractivity contribution in [3.8, 4) is 0 Å². The van der Waals surface area contributed by atoms with Crippen LogP contribution >= 0.6 is 0 Å². The Hall–Kier alpha value is -4.85. The predicted molar refractivity (Wildman–Crippen MR) is 249 cm³/mol. The van der Waals surface area contributed by atoms with Gasteiger partial charge in [0.2, 0.25) is 11.8 Å². The van der Waals surface area contributed by atoms with Gasteiger partial charge in [0.15, 0.2) is 0 Å². The Bertz CT molecular complexity index is 1940. The Morgan fingerprint density at radius 2 is 1.40 bits per heavy atom. The highest BCUT2D eigenvalue weighted by Gasteiger charge is 2.40. The van der Waals surface area contributed by atoms with Crippen molar-refractivity contribution in [1.29, 1.82) is 0 Å². The fourth-order valence-electron chi connectivity index (χ4n) is 8.18. The average molecular weight is 934 g/mol. The lowest BCUT2D eigenvalue weighted by Crippen LogP contribution is -2.62. The zero-order chi connectivity index (χ0) is 47.9. The van der Waals surface area contributed by atoms with Gasteiger partial charge in [-0.3, -0.25) is 24.4 Å². The minimum atomic E-state index is -0.830. The molecule has 5 atom stereocenters. The molecule has 3 aromatic rings. The molecule has 2 N–H and O–H groups in total. The number of carbonyl (C=O) groups is 4. The van der Waals surface area contributed by atoms with E-state index in [1.165, 1.54) is 0 Å². The first-order chi connectivity index (χ1) is 32.4. The van der Waals surface area contributed by atoms with Crippen LogP contribution in [0.1, 0.15) is 55.5 Å². The summed E-state index contributed by atoms with van der Waals surface area (Å²) in [5.41, 5.74) is 3.25. The highest BCUT2D eigenvalue weighted by Crippen LogP contribution is 2.34. The zero-order valence-corrected chi connectivity index (χ0v) is 39.9. The molecule has 0 saturated carbocycles. The first-order valence-electron chi connectivity index (χ1n) is 23.2. The lowest BCUT2D eigenvalue weighted by atomic mass is 9.91. The largest absolute Gasteiger partial charge is 0.459 e. The van der Waals surface area contributed by atoms with E-state index in [4.69, 9.17) is 37.9 Å². The molecular weight excluding hydrogens is 863 g/mol. The number of ether oxygens (including phenoxy) is 8. The van der Waals surface area contributed by atoms with E-state index in [1.54, 1.807) is 20.4 Å². The van der Waals surface area contributed by atoms with Gasteiger partial charge in [-0.2, -0.15) is 0 Å². The van der Waals surface area contributed by atoms with E-state index >= 15 is 0 Å². The van der Waals surface area contributed by atoms with E-state index in [1.807, 2.05) is 93.7 Å². The summed E-state index contributed by atoms with van der Waals surface area (Å²) in [6.07, 6.45) is 2.88. The van der Waals surface area contributed by atoms with E-state index in [0.29, 0.717) is 72.1 Å². The zero-order valence-electron chi connectivity index (χ0n) is 39.9. The molecule has 17 heteroatoms. The molecule has 67 heavy (non-hydrogen) atoms. The number of hydrogen-bond donors (Lipinski definition) is 2. The maximum atomic E-state index is 14.9. The molecular formula is C50H71N5O12. The highest BCUT2D eigenvalue weighted by atomic mass is 16.6. The van der Waals surface area contributed by atoms with Crippen molar-refractivity contribution in [2.75, 3.05) is 106 Å². The van der Waals surface area contributed by atoms with Crippen LogP contribution in [0.2, 0.25) is 0 Å². The number of amides is 2. The second-order valence-corrected chi connectivity index (χ2v) is 17.8. The maximum Gasteiger partial charge on any atom is 0.332 e. The minimum absolute atomic E-state index is 0.120. The summed E-state index contributed by atoms with van der Waals surface area (Å²) < 4.78 is 44.3. The standard InChI is InChI=1S/C50H71N5O12/c1-50(2,3)53-49(59)43-34-54(32-38-14-11-17-51-31-38)18-19-55(43)33-41(66-45(56)35-64-26-24-62-22-20-60-4)29-40(28-37-12-7-6-8-13-37)48(58)52-47-42-16-10-9-15-39(42)30-44(47)67-46(57)36-65-27-25-63-23-21-61-5/h6-17,31,40-41,43-44,47H,18-30,32-36H2,1-5H3,(H,52,58)(H,53,59)/t40-,41+,43+,44-,47+/m1/s1. The van der Waals surface area contributed by atoms with Gasteiger partial charge < -0.3 is 48.5 Å². The minimum Gasteiger partial charge on any atom is -0.459 e. The number of benzene rings is 2. The quantitative estimate of drug-likeness (QED) is 0.0763. The van der Waals surface area contributed by atoms with Crippen molar-refractivity contribution in [2.45, 2.75) is 76.4 Å². The van der Waals surface area contributed by atoms with E-state index in [0.717, 1.165) is 22.3 Å². The normalized spacial score (nSPS) is 18.4. The summed E-state index contributed by atoms with van der Waals surface area (Å²) in [6.45, 7) is 10.2. The number of pyridine rings is 1. The van der Waals surface area contributed by atoms with Crippen molar-refractivity contribution < 1.29 is 57.1 Å². The van der Waals surface area contributed by atoms with Crippen LogP contribution in [0.3, 0.4) is 0 Å². The van der Waals surface area contributed by atoms with Crippen LogP contribution in [0.25, 0.3) is 0 Å². The summed E-state index contributed by atoms with van der Waals surface area (Å²) in [7, 11) is 3.18. The smallest absolute Gasteiger partial charge is 0.332 e. The van der Waals surface area contributed by atoms with Gasteiger partial charge >= 0.3 is 11.9 Å². The molecule has 0 radical (unpaired) electrons. The molecule has 17 nitrogen and oxygen atoms in total. The lowest BCUT2D eigenvalue weighted by molar-refractivity contribution is -0.158. The molecule has 1 aromatic heterocycles. The van der Waals surface area contributed by atoms with Gasteiger partial charge in [-0.25, -0.2) is 9.59 Å². The number of fused-ring (bicyclic) bond motifs is 1. The van der Waals surface area contributed by atoms with Crippen LogP contribution in [0.4, 0.5) is 0 Å². The van der Waals surface area contributed by atoms with Gasteiger partial charge in [0.1, 0.15) is 31.5 Å². The third-order valence-corrected chi connectivity index (χ3v) is 11.3. The number of aromatic nitrogens is 1. The molecule has 1 aliphatic heterocycles. The Labute approximate surface area is 395 Å². The number of esters is 2. The highest BCUT2D eigenvalue weighted by molar-refractivity contribution is 5.83. The first-order valence-corrected chi connectivity index (χ1v) is 23.2. The van der Waals surface area contributed by atoms with Crippen molar-refractivity contribution >= 4 is 23.8 Å². The van der Waals surface area contributed by atoms with Crippen molar-refractivity contribution in [1.82, 2.24) is 25.4 Å². The number of hydrogen-bond acceptors (Lipinski definition) is 15. The van der Waals surface area contributed by atoms with Gasteiger partial charge in [-0.15, -0.1) is 0 Å². The third-order valence-electron chi connectivity index (χ3n) is 11.3. The molecule has 368 valence electrons. The van der Waals surface area contributed by atoms with Crippen LogP contribution in [0.5, 0.6) is 0 Å². The number of carbonyl (C=O) groups excluding carboxylic acids is 4. The van der Waals surface area contributed by atoms with Gasteiger partial charge in [0.25, 0.3) is 0 Å². The fraction of sp³-hybridized carbons (Fsp3) is 0.580. The average Bonchev–Trinajstić information content (AvgIpc) is 3.64. The third kappa shape index (κ3) is 19.0. The molecule has 5 rings (SSSR count). The van der Waals surface area contributed by atoms with Crippen molar-refractivity contribution in [2.24, 2.45) is 5.92 Å². The monoisotopic (exact) mass is 934 g/mol. The lowest BCUT2D eigenvalue weighted by Gasteiger charge is -2.42. The SMILES string of the molecule is COCCOCCOCC(=O)O[C@@H](C[C@@H](Cc1ccccc1)C(=O)N[C@H]1c2ccccc2C[C@H]1OC(=O)COCCOCCOC)CN1CCN(Cc2cccnc2)C[C@H]1C(=O)NC(C)(C)C. The number of nitrogens with zero attached hydrogens (tertiary/aromatic N) is 3. The van der Waals surface area contributed by atoms with Gasteiger partial charge in [-0.1, -0.05) is 60.7 Å². The number of methoxy groups -OCH3 is 2. The van der Waals surface area contributed by atoms with Crippen molar-refractivity contribution in [3.63, 3.8) is 0 Å². The Morgan fingerprint density at radius 1 is 0.761 bits per heavy atom. The Balaban J connectivity index is 1.36. The maximum absolute atomic E-state index is 14.9. The molecule has 2 amide bonds. The van der Waals surface area contributed by atoms with E-state index in [-0.39, 0.29) is 57.8 Å². The summed E-state index contributed by atoms with van der Waals surface area (Å²) in [5.74, 6) is -2.33. The predicted octanol–water partition coefficient (Wildman–Crippen LogP) is 3.33. The summed E-state index contributed by atoms with van der Waals surface area (Å²) >= 11 is 0. The van der Waals surface area contributed by atoms with Crippen LogP contribution in [-0.4, -0.2) is 169 Å². The second kappa shape index (κ2) is 28.5. The summed E-state index contributed by atoms with van der Waals surface area (Å²) in [4.78, 5) is 64.3. The van der Waals surface area contributed by atoms with Crippen LogP contribution in [0.15, 0.2) is 79.1 Å². The van der Waals surface area contributed by atoms with Gasteiger partial charge in [0.05, 0.1) is 58.9 Å². The van der Waals surface area contributed by atoms with Crippen LogP contribution < -0.4 is 10.6 Å². The number of nitrogens with one attached hydrogen (secondary N) is 2. The Kier molecular flexibility index (Phi) is 22.6. The van der Waals surface area contributed by atoms with E-state index in [2.05, 4.69) is 25.4 Å². The van der Waals surface area contributed by atoms with Gasteiger partial charge in [-0.05, 0) is 61.9 Å².